The second kappa shape index (κ2) is 2.94. The summed E-state index contributed by atoms with van der Waals surface area (Å²) in [6.45, 7) is 0. The Kier molecular flexibility index (Phi) is 1.95. The standard InChI is InChI=1S/C9H10BrN/c10-5-7-1-4-9(11-6-7)8-2-3-8/h1,4,6,8H,2-3,5H2. The van der Waals surface area contributed by atoms with Crippen LogP contribution in [0.15, 0.2) is 18.3 Å². The van der Waals surface area contributed by atoms with Crippen molar-refractivity contribution >= 4 is 15.9 Å². The van der Waals surface area contributed by atoms with E-state index in [2.05, 4.69) is 33.0 Å². The molecule has 1 heterocycles. The molecule has 1 aliphatic carbocycles. The molecule has 1 aliphatic rings. The van der Waals surface area contributed by atoms with Crippen LogP contribution in [-0.2, 0) is 5.33 Å². The third-order valence-corrected chi connectivity index (χ3v) is 2.65. The van der Waals surface area contributed by atoms with Crippen LogP contribution in [0.3, 0.4) is 0 Å². The van der Waals surface area contributed by atoms with Crippen LogP contribution in [0.4, 0.5) is 0 Å². The molecule has 11 heavy (non-hydrogen) atoms. The molecule has 1 aromatic rings. The van der Waals surface area contributed by atoms with Gasteiger partial charge in [0.05, 0.1) is 0 Å². The van der Waals surface area contributed by atoms with Crippen molar-refractivity contribution in [2.45, 2.75) is 24.1 Å². The number of hydrogen-bond acceptors (Lipinski definition) is 1. The van der Waals surface area contributed by atoms with E-state index in [1.54, 1.807) is 0 Å². The molecule has 0 N–H and O–H groups in total. The van der Waals surface area contributed by atoms with Crippen LogP contribution >= 0.6 is 15.9 Å². The quantitative estimate of drug-likeness (QED) is 0.687. The maximum atomic E-state index is 4.38. The van der Waals surface area contributed by atoms with Gasteiger partial charge in [-0.3, -0.25) is 4.98 Å². The Labute approximate surface area is 75.0 Å². The molecule has 2 heteroatoms. The smallest absolute Gasteiger partial charge is 0.0434 e. The van der Waals surface area contributed by atoms with Gasteiger partial charge in [0.2, 0.25) is 0 Å². The predicted octanol–water partition coefficient (Wildman–Crippen LogP) is 2.85. The fourth-order valence-electron chi connectivity index (χ4n) is 1.14. The minimum atomic E-state index is 0.777. The van der Waals surface area contributed by atoms with Crippen LogP contribution < -0.4 is 0 Å². The molecule has 1 saturated carbocycles. The lowest BCUT2D eigenvalue weighted by Gasteiger charge is -1.97. The normalized spacial score (nSPS) is 16.8. The van der Waals surface area contributed by atoms with Gasteiger partial charge < -0.3 is 0 Å². The van der Waals surface area contributed by atoms with E-state index in [0.717, 1.165) is 11.2 Å². The number of hydrogen-bond donors (Lipinski definition) is 0. The Hall–Kier alpha value is -0.370. The van der Waals surface area contributed by atoms with Gasteiger partial charge in [0.1, 0.15) is 0 Å². The lowest BCUT2D eigenvalue weighted by Crippen LogP contribution is -1.86. The first-order valence-electron chi connectivity index (χ1n) is 3.91. The summed E-state index contributed by atoms with van der Waals surface area (Å²) in [5.74, 6) is 0.777. The second-order valence-electron chi connectivity index (χ2n) is 3.00. The summed E-state index contributed by atoms with van der Waals surface area (Å²) in [6, 6.07) is 4.30. The molecular formula is C9H10BrN. The molecule has 0 spiro atoms. The van der Waals surface area contributed by atoms with Crippen molar-refractivity contribution in [2.75, 3.05) is 0 Å². The Balaban J connectivity index is 2.19. The van der Waals surface area contributed by atoms with Gasteiger partial charge in [-0.2, -0.15) is 0 Å². The molecule has 58 valence electrons. The number of alkyl halides is 1. The first-order chi connectivity index (χ1) is 5.40. The van der Waals surface area contributed by atoms with E-state index in [0.29, 0.717) is 0 Å². The van der Waals surface area contributed by atoms with E-state index >= 15 is 0 Å². The largest absolute Gasteiger partial charge is 0.261 e. The Bertz CT molecular complexity index is 238. The summed E-state index contributed by atoms with van der Waals surface area (Å²) in [5.41, 5.74) is 2.53. The van der Waals surface area contributed by atoms with Crippen molar-refractivity contribution in [2.24, 2.45) is 0 Å². The van der Waals surface area contributed by atoms with Gasteiger partial charge in [0.15, 0.2) is 0 Å². The molecule has 0 bridgehead atoms. The molecule has 0 aliphatic heterocycles. The lowest BCUT2D eigenvalue weighted by molar-refractivity contribution is 1.01. The summed E-state index contributed by atoms with van der Waals surface area (Å²) >= 11 is 3.39. The molecule has 1 fully saturated rings. The topological polar surface area (TPSA) is 12.9 Å². The Morgan fingerprint density at radius 1 is 1.45 bits per heavy atom. The highest BCUT2D eigenvalue weighted by Gasteiger charge is 2.24. The molecule has 1 aromatic heterocycles. The summed E-state index contributed by atoms with van der Waals surface area (Å²) in [5, 5.41) is 0.908. The van der Waals surface area contributed by atoms with Crippen LogP contribution in [0.5, 0.6) is 0 Å². The second-order valence-corrected chi connectivity index (χ2v) is 3.56. The third kappa shape index (κ3) is 1.62. The highest BCUT2D eigenvalue weighted by atomic mass is 79.9. The van der Waals surface area contributed by atoms with Gasteiger partial charge in [0, 0.05) is 23.1 Å². The zero-order valence-corrected chi connectivity index (χ0v) is 7.84. The maximum absolute atomic E-state index is 4.38. The van der Waals surface area contributed by atoms with Gasteiger partial charge >= 0.3 is 0 Å². The average molecular weight is 212 g/mol. The molecule has 0 atom stereocenters. The number of aromatic nitrogens is 1. The molecule has 0 aromatic carbocycles. The fourth-order valence-corrected chi connectivity index (χ4v) is 1.47. The summed E-state index contributed by atoms with van der Waals surface area (Å²) in [7, 11) is 0. The minimum absolute atomic E-state index is 0.777. The van der Waals surface area contributed by atoms with Gasteiger partial charge in [-0.1, -0.05) is 22.0 Å². The highest BCUT2D eigenvalue weighted by Crippen LogP contribution is 2.38. The molecule has 1 nitrogen and oxygen atoms in total. The number of rotatable bonds is 2. The minimum Gasteiger partial charge on any atom is -0.261 e. The molecule has 0 amide bonds. The van der Waals surface area contributed by atoms with Gasteiger partial charge in [-0.25, -0.2) is 0 Å². The Morgan fingerprint density at radius 2 is 2.27 bits per heavy atom. The fraction of sp³-hybridized carbons (Fsp3) is 0.444. The zero-order chi connectivity index (χ0) is 7.68. The van der Waals surface area contributed by atoms with Crippen molar-refractivity contribution in [3.63, 3.8) is 0 Å². The van der Waals surface area contributed by atoms with Crippen molar-refractivity contribution in [3.8, 4) is 0 Å². The Morgan fingerprint density at radius 3 is 2.73 bits per heavy atom. The van der Waals surface area contributed by atoms with Crippen molar-refractivity contribution in [1.29, 1.82) is 0 Å². The van der Waals surface area contributed by atoms with Gasteiger partial charge in [0.25, 0.3) is 0 Å². The molecule has 0 unspecified atom stereocenters. The van der Waals surface area contributed by atoms with E-state index in [4.69, 9.17) is 0 Å². The van der Waals surface area contributed by atoms with E-state index in [-0.39, 0.29) is 0 Å². The molecular weight excluding hydrogens is 202 g/mol. The van der Waals surface area contributed by atoms with Crippen LogP contribution in [0.1, 0.15) is 30.0 Å². The van der Waals surface area contributed by atoms with Crippen LogP contribution in [0, 0.1) is 0 Å². The SMILES string of the molecule is BrCc1ccc(C2CC2)nc1. The highest BCUT2D eigenvalue weighted by molar-refractivity contribution is 9.08. The summed E-state index contributed by atoms with van der Waals surface area (Å²) < 4.78 is 0. The van der Waals surface area contributed by atoms with Gasteiger partial charge in [-0.05, 0) is 24.5 Å². The predicted molar refractivity (Wildman–Crippen MR) is 48.8 cm³/mol. The van der Waals surface area contributed by atoms with E-state index in [9.17, 15) is 0 Å². The number of nitrogens with zero attached hydrogens (tertiary/aromatic N) is 1. The molecule has 2 rings (SSSR count). The van der Waals surface area contributed by atoms with Crippen molar-refractivity contribution < 1.29 is 0 Å². The average Bonchev–Trinajstić information content (AvgIpc) is 2.87. The summed E-state index contributed by atoms with van der Waals surface area (Å²) in [6.07, 6.45) is 4.63. The number of halogens is 1. The monoisotopic (exact) mass is 211 g/mol. The van der Waals surface area contributed by atoms with E-state index in [1.165, 1.54) is 24.1 Å². The zero-order valence-electron chi connectivity index (χ0n) is 6.26. The maximum Gasteiger partial charge on any atom is 0.0434 e. The van der Waals surface area contributed by atoms with Crippen molar-refractivity contribution in [1.82, 2.24) is 4.98 Å². The third-order valence-electron chi connectivity index (χ3n) is 2.00. The lowest BCUT2D eigenvalue weighted by atomic mass is 10.2. The van der Waals surface area contributed by atoms with E-state index < -0.39 is 0 Å². The van der Waals surface area contributed by atoms with Gasteiger partial charge in [-0.15, -0.1) is 0 Å². The number of pyridine rings is 1. The van der Waals surface area contributed by atoms with Crippen LogP contribution in [0.2, 0.25) is 0 Å². The molecule has 0 radical (unpaired) electrons. The van der Waals surface area contributed by atoms with Crippen LogP contribution in [-0.4, -0.2) is 4.98 Å². The van der Waals surface area contributed by atoms with E-state index in [1.807, 2.05) is 6.20 Å². The molecule has 0 saturated heterocycles. The van der Waals surface area contributed by atoms with Crippen LogP contribution in [0.25, 0.3) is 0 Å². The first kappa shape index (κ1) is 7.29. The first-order valence-corrected chi connectivity index (χ1v) is 5.03. The van der Waals surface area contributed by atoms with Crippen molar-refractivity contribution in [3.05, 3.63) is 29.6 Å². The summed E-state index contributed by atoms with van der Waals surface area (Å²) in [4.78, 5) is 4.38.